The third-order valence-corrected chi connectivity index (χ3v) is 3.04. The summed E-state index contributed by atoms with van der Waals surface area (Å²) < 4.78 is 0. The highest BCUT2D eigenvalue weighted by molar-refractivity contribution is 6.15. The molecule has 0 unspecified atom stereocenters. The summed E-state index contributed by atoms with van der Waals surface area (Å²) in [6, 6.07) is 0. The van der Waals surface area contributed by atoms with Crippen LogP contribution in [0.5, 0.6) is 0 Å². The Morgan fingerprint density at radius 1 is 1.25 bits per heavy atom. The van der Waals surface area contributed by atoms with Gasteiger partial charge in [0, 0.05) is 50.9 Å². The first-order valence-electron chi connectivity index (χ1n) is 5.65. The van der Waals surface area contributed by atoms with E-state index in [9.17, 15) is 9.59 Å². The van der Waals surface area contributed by atoms with Crippen LogP contribution in [0.15, 0.2) is 11.6 Å². The number of nitrogens with zero attached hydrogens (tertiary/aromatic N) is 2. The average molecular weight is 223 g/mol. The van der Waals surface area contributed by atoms with Gasteiger partial charge in [0.15, 0.2) is 0 Å². The van der Waals surface area contributed by atoms with Crippen LogP contribution in [0.1, 0.15) is 6.92 Å². The van der Waals surface area contributed by atoms with Crippen molar-refractivity contribution in [1.29, 1.82) is 0 Å². The van der Waals surface area contributed by atoms with Gasteiger partial charge >= 0.3 is 0 Å². The van der Waals surface area contributed by atoms with Gasteiger partial charge in [-0.2, -0.15) is 0 Å². The number of carbonyl (C=O) groups is 2. The van der Waals surface area contributed by atoms with E-state index in [1.165, 1.54) is 11.0 Å². The highest BCUT2D eigenvalue weighted by atomic mass is 16.2. The Kier molecular flexibility index (Phi) is 3.36. The lowest BCUT2D eigenvalue weighted by Gasteiger charge is -2.28. The van der Waals surface area contributed by atoms with Gasteiger partial charge in [-0.15, -0.1) is 0 Å². The van der Waals surface area contributed by atoms with Crippen LogP contribution in [0.4, 0.5) is 0 Å². The second kappa shape index (κ2) is 4.76. The summed E-state index contributed by atoms with van der Waals surface area (Å²) in [6.45, 7) is 6.92. The minimum absolute atomic E-state index is 0.139. The van der Waals surface area contributed by atoms with Crippen LogP contribution in [0.3, 0.4) is 0 Å². The number of rotatable bonds is 3. The summed E-state index contributed by atoms with van der Waals surface area (Å²) in [5, 5.41) is 3.27. The fourth-order valence-electron chi connectivity index (χ4n) is 2.03. The summed E-state index contributed by atoms with van der Waals surface area (Å²) in [5.74, 6) is -0.308. The van der Waals surface area contributed by atoms with E-state index in [0.29, 0.717) is 12.1 Å². The number of imide groups is 1. The number of carbonyl (C=O) groups excluding carboxylic acids is 2. The molecule has 2 rings (SSSR count). The van der Waals surface area contributed by atoms with Crippen molar-refractivity contribution in [3.63, 3.8) is 0 Å². The Balaban J connectivity index is 1.82. The van der Waals surface area contributed by atoms with Crippen molar-refractivity contribution in [3.05, 3.63) is 11.6 Å². The molecule has 5 nitrogen and oxygen atoms in total. The molecule has 0 radical (unpaired) electrons. The van der Waals surface area contributed by atoms with Gasteiger partial charge in [-0.25, -0.2) is 0 Å². The predicted octanol–water partition coefficient (Wildman–Crippen LogP) is -0.793. The first-order valence-corrected chi connectivity index (χ1v) is 5.65. The molecule has 1 fully saturated rings. The lowest BCUT2D eigenvalue weighted by molar-refractivity contribution is -0.137. The third kappa shape index (κ3) is 2.31. The van der Waals surface area contributed by atoms with Crippen molar-refractivity contribution in [3.8, 4) is 0 Å². The van der Waals surface area contributed by atoms with Crippen molar-refractivity contribution >= 4 is 11.8 Å². The van der Waals surface area contributed by atoms with Crippen LogP contribution in [0.25, 0.3) is 0 Å². The van der Waals surface area contributed by atoms with Crippen molar-refractivity contribution in [1.82, 2.24) is 15.1 Å². The van der Waals surface area contributed by atoms with Gasteiger partial charge in [-0.3, -0.25) is 19.4 Å². The number of hydrogen-bond acceptors (Lipinski definition) is 4. The summed E-state index contributed by atoms with van der Waals surface area (Å²) in [6.07, 6.45) is 1.42. The standard InChI is InChI=1S/C11H17N3O2/c1-9-8-10(15)14(11(9)16)7-6-13-4-2-12-3-5-13/h8,12H,2-7H2,1H3. The fourth-order valence-corrected chi connectivity index (χ4v) is 2.03. The van der Waals surface area contributed by atoms with Gasteiger partial charge in [0.25, 0.3) is 11.8 Å². The van der Waals surface area contributed by atoms with E-state index >= 15 is 0 Å². The maximum absolute atomic E-state index is 11.6. The monoisotopic (exact) mass is 223 g/mol. The zero-order chi connectivity index (χ0) is 11.5. The van der Waals surface area contributed by atoms with Crippen LogP contribution in [-0.2, 0) is 9.59 Å². The Morgan fingerprint density at radius 2 is 1.94 bits per heavy atom. The Labute approximate surface area is 95.1 Å². The molecular weight excluding hydrogens is 206 g/mol. The van der Waals surface area contributed by atoms with E-state index in [0.717, 1.165) is 32.7 Å². The smallest absolute Gasteiger partial charge is 0.256 e. The number of hydrogen-bond donors (Lipinski definition) is 1. The van der Waals surface area contributed by atoms with Crippen molar-refractivity contribution in [2.45, 2.75) is 6.92 Å². The van der Waals surface area contributed by atoms with Gasteiger partial charge in [0.05, 0.1) is 0 Å². The normalized spacial score (nSPS) is 22.8. The maximum Gasteiger partial charge on any atom is 0.256 e. The molecule has 0 aromatic carbocycles. The van der Waals surface area contributed by atoms with Crippen LogP contribution in [0, 0.1) is 0 Å². The number of amides is 2. The zero-order valence-electron chi connectivity index (χ0n) is 9.53. The van der Waals surface area contributed by atoms with E-state index in [1.807, 2.05) is 0 Å². The van der Waals surface area contributed by atoms with E-state index in [-0.39, 0.29) is 11.8 Å². The minimum Gasteiger partial charge on any atom is -0.314 e. The fraction of sp³-hybridized carbons (Fsp3) is 0.636. The number of nitrogens with one attached hydrogen (secondary N) is 1. The molecule has 0 aromatic heterocycles. The second-order valence-corrected chi connectivity index (χ2v) is 4.21. The highest BCUT2D eigenvalue weighted by Gasteiger charge is 2.28. The van der Waals surface area contributed by atoms with Crippen LogP contribution in [-0.4, -0.2) is 60.9 Å². The van der Waals surface area contributed by atoms with Crippen molar-refractivity contribution < 1.29 is 9.59 Å². The highest BCUT2D eigenvalue weighted by Crippen LogP contribution is 2.11. The van der Waals surface area contributed by atoms with Gasteiger partial charge < -0.3 is 5.32 Å². The molecule has 0 spiro atoms. The third-order valence-electron chi connectivity index (χ3n) is 3.04. The maximum atomic E-state index is 11.6. The van der Waals surface area contributed by atoms with Crippen LogP contribution >= 0.6 is 0 Å². The summed E-state index contributed by atoms with van der Waals surface area (Å²) in [4.78, 5) is 26.7. The van der Waals surface area contributed by atoms with Crippen molar-refractivity contribution in [2.75, 3.05) is 39.3 Å². The predicted molar refractivity (Wildman–Crippen MR) is 59.8 cm³/mol. The Morgan fingerprint density at radius 3 is 2.50 bits per heavy atom. The summed E-state index contributed by atoms with van der Waals surface area (Å²) in [7, 11) is 0. The Hall–Kier alpha value is -1.20. The Bertz CT molecular complexity index is 332. The summed E-state index contributed by atoms with van der Waals surface area (Å²) in [5.41, 5.74) is 0.547. The molecule has 1 N–H and O–H groups in total. The van der Waals surface area contributed by atoms with Gasteiger partial charge in [-0.1, -0.05) is 0 Å². The second-order valence-electron chi connectivity index (χ2n) is 4.21. The first kappa shape index (κ1) is 11.3. The summed E-state index contributed by atoms with van der Waals surface area (Å²) >= 11 is 0. The molecule has 2 aliphatic heterocycles. The minimum atomic E-state index is -0.169. The molecule has 0 bridgehead atoms. The largest absolute Gasteiger partial charge is 0.314 e. The van der Waals surface area contributed by atoms with E-state index < -0.39 is 0 Å². The van der Waals surface area contributed by atoms with Crippen LogP contribution < -0.4 is 5.32 Å². The van der Waals surface area contributed by atoms with Gasteiger partial charge in [0.1, 0.15) is 0 Å². The average Bonchev–Trinajstić information content (AvgIpc) is 2.53. The molecule has 2 aliphatic rings. The van der Waals surface area contributed by atoms with E-state index in [1.54, 1.807) is 6.92 Å². The lowest BCUT2D eigenvalue weighted by Crippen LogP contribution is -2.47. The van der Waals surface area contributed by atoms with Gasteiger partial charge in [-0.05, 0) is 6.92 Å². The molecule has 2 amide bonds. The molecule has 0 atom stereocenters. The quantitative estimate of drug-likeness (QED) is 0.637. The lowest BCUT2D eigenvalue weighted by atomic mass is 10.3. The molecule has 1 saturated heterocycles. The SMILES string of the molecule is CC1=CC(=O)N(CCN2CCNCC2)C1=O. The van der Waals surface area contributed by atoms with Gasteiger partial charge in [0.2, 0.25) is 0 Å². The van der Waals surface area contributed by atoms with E-state index in [4.69, 9.17) is 0 Å². The molecular formula is C11H17N3O2. The number of piperazine rings is 1. The molecule has 16 heavy (non-hydrogen) atoms. The topological polar surface area (TPSA) is 52.7 Å². The van der Waals surface area contributed by atoms with Crippen molar-refractivity contribution in [2.24, 2.45) is 0 Å². The zero-order valence-corrected chi connectivity index (χ0v) is 9.53. The molecule has 0 aromatic rings. The van der Waals surface area contributed by atoms with E-state index in [2.05, 4.69) is 10.2 Å². The molecule has 2 heterocycles. The van der Waals surface area contributed by atoms with Crippen LogP contribution in [0.2, 0.25) is 0 Å². The first-order chi connectivity index (χ1) is 7.68. The molecule has 0 saturated carbocycles. The molecule has 5 heteroatoms. The molecule has 88 valence electrons. The molecule has 0 aliphatic carbocycles.